The summed E-state index contributed by atoms with van der Waals surface area (Å²) in [5, 5.41) is 21.2. The minimum absolute atomic E-state index is 0.178. The van der Waals surface area contributed by atoms with Crippen molar-refractivity contribution in [2.45, 2.75) is 43.5 Å². The summed E-state index contributed by atoms with van der Waals surface area (Å²) in [6.45, 7) is 0.0224. The van der Waals surface area contributed by atoms with E-state index >= 15 is 0 Å². The van der Waals surface area contributed by atoms with Gasteiger partial charge in [-0.05, 0) is 43.7 Å². The summed E-state index contributed by atoms with van der Waals surface area (Å²) in [5.74, 6) is -6.06. The number of hydrogen-bond donors (Lipinski definition) is 3. The fraction of sp³-hybridized carbons (Fsp3) is 0.423. The molecule has 2 fully saturated rings. The van der Waals surface area contributed by atoms with E-state index < -0.39 is 70.4 Å². The molecule has 1 saturated carbocycles. The van der Waals surface area contributed by atoms with E-state index in [0.29, 0.717) is 22.9 Å². The molecule has 0 spiro atoms. The van der Waals surface area contributed by atoms with Crippen molar-refractivity contribution in [3.8, 4) is 5.69 Å². The average molecular weight is 570 g/mol. The highest BCUT2D eigenvalue weighted by molar-refractivity contribution is 5.97. The minimum Gasteiger partial charge on any atom is -0.393 e. The Morgan fingerprint density at radius 3 is 2.30 bits per heavy atom. The van der Waals surface area contributed by atoms with Crippen LogP contribution in [0.3, 0.4) is 0 Å². The van der Waals surface area contributed by atoms with Crippen LogP contribution in [0.2, 0.25) is 0 Å². The van der Waals surface area contributed by atoms with Gasteiger partial charge in [0.1, 0.15) is 28.9 Å². The van der Waals surface area contributed by atoms with Crippen LogP contribution in [0.4, 0.5) is 32.2 Å². The van der Waals surface area contributed by atoms with Crippen molar-refractivity contribution in [3.63, 3.8) is 0 Å². The number of aliphatic hydroxyl groups excluding tert-OH is 1. The number of pyridine rings is 2. The number of nitrogens with one attached hydrogen (secondary N) is 1. The van der Waals surface area contributed by atoms with E-state index in [-0.39, 0.29) is 55.6 Å². The van der Waals surface area contributed by atoms with E-state index in [1.54, 1.807) is 4.90 Å². The number of rotatable bonds is 6. The zero-order valence-corrected chi connectivity index (χ0v) is 20.8. The molecule has 40 heavy (non-hydrogen) atoms. The topological polar surface area (TPSA) is 108 Å². The molecule has 3 aromatic rings. The van der Waals surface area contributed by atoms with Gasteiger partial charge in [0.2, 0.25) is 5.43 Å². The molecule has 8 nitrogen and oxygen atoms in total. The maximum absolute atomic E-state index is 14.9. The zero-order valence-electron chi connectivity index (χ0n) is 20.8. The van der Waals surface area contributed by atoms with Crippen LogP contribution in [0.5, 0.6) is 0 Å². The number of alkyl halides is 3. The lowest BCUT2D eigenvalue weighted by atomic mass is 9.92. The van der Waals surface area contributed by atoms with Crippen LogP contribution >= 0.6 is 0 Å². The molecular weight excluding hydrogens is 546 g/mol. The van der Waals surface area contributed by atoms with E-state index in [2.05, 4.69) is 4.98 Å². The third kappa shape index (κ3) is 5.24. The molecule has 2 aromatic heterocycles. The first-order valence-corrected chi connectivity index (χ1v) is 12.5. The summed E-state index contributed by atoms with van der Waals surface area (Å²) in [7, 11) is 0. The standard InChI is InChI=1S/C26H24F6N4O4/c27-14-9-17(28)20(18(29)10-14)36-11-16(24(39)34-22(13-1-2-13)26(30,31)32)21(38)15-3-4-19(33-23(15)36)35-7-5-25(40,12-37)6-8-35/h3-4,9-11,13,22,37,40H,1-2,5-8,12H2,(H,34,39). The number of nitrogens with zero attached hydrogens (tertiary/aromatic N) is 3. The molecule has 1 aliphatic carbocycles. The second kappa shape index (κ2) is 10.1. The predicted octanol–water partition coefficient (Wildman–Crippen LogP) is 3.20. The van der Waals surface area contributed by atoms with Gasteiger partial charge in [0.15, 0.2) is 17.3 Å². The summed E-state index contributed by atoms with van der Waals surface area (Å²) < 4.78 is 84.8. The molecule has 5 rings (SSSR count). The molecule has 1 aliphatic heterocycles. The van der Waals surface area contributed by atoms with Crippen molar-refractivity contribution >= 4 is 22.8 Å². The van der Waals surface area contributed by atoms with Crippen LogP contribution < -0.4 is 15.6 Å². The van der Waals surface area contributed by atoms with E-state index in [0.717, 1.165) is 0 Å². The molecule has 2 aliphatic rings. The third-order valence-electron chi connectivity index (χ3n) is 7.35. The van der Waals surface area contributed by atoms with Gasteiger partial charge in [-0.1, -0.05) is 0 Å². The summed E-state index contributed by atoms with van der Waals surface area (Å²) in [5.41, 5.74) is -4.34. The van der Waals surface area contributed by atoms with Crippen LogP contribution in [-0.2, 0) is 0 Å². The molecule has 3 N–H and O–H groups in total. The van der Waals surface area contributed by atoms with Crippen LogP contribution in [0.15, 0.2) is 35.3 Å². The molecule has 14 heteroatoms. The quantitative estimate of drug-likeness (QED) is 0.393. The number of benzene rings is 1. The molecule has 0 bridgehead atoms. The maximum atomic E-state index is 14.9. The summed E-state index contributed by atoms with van der Waals surface area (Å²) in [6, 6.07) is 1.15. The molecule has 0 radical (unpaired) electrons. The van der Waals surface area contributed by atoms with Crippen molar-refractivity contribution in [2.75, 3.05) is 24.6 Å². The SMILES string of the molecule is O=C(NC(C1CC1)C(F)(F)F)c1cn(-c2c(F)cc(F)cc2F)c2nc(N3CCC(O)(CO)CC3)ccc2c1=O. The molecule has 1 saturated heterocycles. The molecule has 1 unspecified atom stereocenters. The third-order valence-corrected chi connectivity index (χ3v) is 7.35. The Kier molecular flexibility index (Phi) is 7.03. The number of carbonyl (C=O) groups excluding carboxylic acids is 1. The molecule has 214 valence electrons. The Bertz CT molecular complexity index is 1510. The van der Waals surface area contributed by atoms with E-state index in [9.17, 15) is 46.1 Å². The fourth-order valence-electron chi connectivity index (χ4n) is 4.89. The number of carbonyl (C=O) groups is 1. The highest BCUT2D eigenvalue weighted by atomic mass is 19.4. The number of halogens is 6. The van der Waals surface area contributed by atoms with Gasteiger partial charge < -0.3 is 20.4 Å². The Hall–Kier alpha value is -3.65. The molecular formula is C26H24F6N4O4. The lowest BCUT2D eigenvalue weighted by Crippen LogP contribution is -2.48. The van der Waals surface area contributed by atoms with Crippen molar-refractivity contribution < 1.29 is 41.4 Å². The Morgan fingerprint density at radius 1 is 1.12 bits per heavy atom. The first-order valence-electron chi connectivity index (χ1n) is 12.5. The highest BCUT2D eigenvalue weighted by Crippen LogP contribution is 2.40. The zero-order chi connectivity index (χ0) is 29.0. The van der Waals surface area contributed by atoms with Gasteiger partial charge in [-0.15, -0.1) is 0 Å². The van der Waals surface area contributed by atoms with Gasteiger partial charge in [0, 0.05) is 31.4 Å². The van der Waals surface area contributed by atoms with Gasteiger partial charge in [0.25, 0.3) is 5.91 Å². The van der Waals surface area contributed by atoms with Crippen LogP contribution in [0.25, 0.3) is 16.7 Å². The number of anilines is 1. The van der Waals surface area contributed by atoms with Crippen molar-refractivity contribution in [1.29, 1.82) is 0 Å². The van der Waals surface area contributed by atoms with Gasteiger partial charge in [-0.25, -0.2) is 18.2 Å². The molecule has 1 aromatic carbocycles. The fourth-order valence-corrected chi connectivity index (χ4v) is 4.89. The summed E-state index contributed by atoms with van der Waals surface area (Å²) in [6.07, 6.45) is -3.27. The number of amides is 1. The number of aliphatic hydroxyl groups is 2. The van der Waals surface area contributed by atoms with Gasteiger partial charge >= 0.3 is 6.18 Å². The lowest BCUT2D eigenvalue weighted by molar-refractivity contribution is -0.158. The van der Waals surface area contributed by atoms with Crippen LogP contribution in [0.1, 0.15) is 36.0 Å². The number of piperidine rings is 1. The maximum Gasteiger partial charge on any atom is 0.408 e. The predicted molar refractivity (Wildman–Crippen MR) is 131 cm³/mol. The average Bonchev–Trinajstić information content (AvgIpc) is 3.72. The monoisotopic (exact) mass is 570 g/mol. The first-order chi connectivity index (χ1) is 18.8. The van der Waals surface area contributed by atoms with Gasteiger partial charge in [0.05, 0.1) is 17.6 Å². The second-order valence-corrected chi connectivity index (χ2v) is 10.2. The van der Waals surface area contributed by atoms with E-state index in [4.69, 9.17) is 0 Å². The summed E-state index contributed by atoms with van der Waals surface area (Å²) in [4.78, 5) is 32.3. The summed E-state index contributed by atoms with van der Waals surface area (Å²) >= 11 is 0. The van der Waals surface area contributed by atoms with Gasteiger partial charge in [-0.3, -0.25) is 14.2 Å². The van der Waals surface area contributed by atoms with Gasteiger partial charge in [-0.2, -0.15) is 13.2 Å². The van der Waals surface area contributed by atoms with Crippen LogP contribution in [-0.4, -0.2) is 63.2 Å². The largest absolute Gasteiger partial charge is 0.408 e. The normalized spacial score (nSPS) is 18.1. The van der Waals surface area contributed by atoms with Crippen LogP contribution in [0, 0.1) is 23.4 Å². The van der Waals surface area contributed by atoms with E-state index in [1.807, 2.05) is 5.32 Å². The van der Waals surface area contributed by atoms with E-state index in [1.165, 1.54) is 12.1 Å². The minimum atomic E-state index is -4.78. The molecule has 1 atom stereocenters. The Morgan fingerprint density at radius 2 is 1.75 bits per heavy atom. The first kappa shape index (κ1) is 27.9. The Balaban J connectivity index is 1.64. The smallest absolute Gasteiger partial charge is 0.393 e. The Labute approximate surface area is 222 Å². The lowest BCUT2D eigenvalue weighted by Gasteiger charge is -2.37. The number of aromatic nitrogens is 2. The molecule has 3 heterocycles. The van der Waals surface area contributed by atoms with Crippen molar-refractivity contribution in [1.82, 2.24) is 14.9 Å². The molecule has 1 amide bonds. The van der Waals surface area contributed by atoms with Crippen molar-refractivity contribution in [3.05, 3.63) is 63.7 Å². The highest BCUT2D eigenvalue weighted by Gasteiger charge is 2.50. The van der Waals surface area contributed by atoms with Crippen molar-refractivity contribution in [2.24, 2.45) is 5.92 Å². The number of fused-ring (bicyclic) bond motifs is 1. The second-order valence-electron chi connectivity index (χ2n) is 10.2. The number of hydrogen-bond acceptors (Lipinski definition) is 6.